The van der Waals surface area contributed by atoms with Crippen molar-refractivity contribution in [2.75, 3.05) is 46.6 Å². The molecule has 0 saturated carbocycles. The summed E-state index contributed by atoms with van der Waals surface area (Å²) >= 11 is 7.48. The predicted octanol–water partition coefficient (Wildman–Crippen LogP) is 16.2. The third-order valence-electron chi connectivity index (χ3n) is 15.0. The summed E-state index contributed by atoms with van der Waals surface area (Å²) in [6.07, 6.45) is -6.07. The minimum absolute atomic E-state index is 0.0573. The molecule has 0 bridgehead atoms. The van der Waals surface area contributed by atoms with E-state index in [2.05, 4.69) is 41.0 Å². The first-order valence-corrected chi connectivity index (χ1v) is 31.5. The van der Waals surface area contributed by atoms with Crippen LogP contribution in [0.5, 0.6) is 0 Å². The quantitative estimate of drug-likeness (QED) is 0.0220. The topological polar surface area (TPSA) is 186 Å². The smallest absolute Gasteiger partial charge is 0.416 e. The first-order chi connectivity index (χ1) is 45.0. The zero-order chi connectivity index (χ0) is 67.5. The van der Waals surface area contributed by atoms with E-state index in [-0.39, 0.29) is 48.3 Å². The van der Waals surface area contributed by atoms with E-state index in [0.717, 1.165) is 77.8 Å². The number of amides is 4. The standard InChI is InChI=1S/C40H37F3N4O4S.C32H30ClF3N4O2/c1-3-47(4-2)32-14-15-35(46-39(51)29-11-5-10-28(18-29)25-52-33-13-7-8-26(20-33)21-37(48)49)34(23-32)36-22-30(16-17-44-36)38(50)45-24-27-9-6-12-31(19-27)40(41,42)43;1-3-40(4-2)26-11-12-28(39-31(42)23-9-5-7-21(15-23)19-33)27(18-26)29-17-24(13-14-37-29)30(41)38-20-22-8-6-10-25(16-22)32(34,35)36/h5-20,22-23H,3-4,21,24-25H2,1-2H3,(H,45,50)(H,46,51)(H,48,49);5-18H,3-4,19-20H2,1-2H3,(H,38,41)(H,39,42). The van der Waals surface area contributed by atoms with Crippen molar-refractivity contribution in [1.29, 1.82) is 0 Å². The summed E-state index contributed by atoms with van der Waals surface area (Å²) < 4.78 is 78.8. The average molecular weight is 1320 g/mol. The molecule has 2 aromatic heterocycles. The number of pyridine rings is 2. The van der Waals surface area contributed by atoms with E-state index < -0.39 is 41.3 Å². The second-order valence-corrected chi connectivity index (χ2v) is 22.7. The molecule has 0 aliphatic heterocycles. The van der Waals surface area contributed by atoms with Crippen LogP contribution in [0.15, 0.2) is 199 Å². The van der Waals surface area contributed by atoms with Crippen LogP contribution in [-0.2, 0) is 48.3 Å². The van der Waals surface area contributed by atoms with E-state index in [1.54, 1.807) is 66.7 Å². The highest BCUT2D eigenvalue weighted by atomic mass is 35.5. The molecule has 14 nitrogen and oxygen atoms in total. The van der Waals surface area contributed by atoms with Gasteiger partial charge >= 0.3 is 18.3 Å². The van der Waals surface area contributed by atoms with Gasteiger partial charge in [-0.1, -0.05) is 60.7 Å². The van der Waals surface area contributed by atoms with Crippen LogP contribution < -0.4 is 31.1 Å². The molecule has 0 fully saturated rings. The van der Waals surface area contributed by atoms with E-state index in [0.29, 0.717) is 67.5 Å². The molecule has 9 rings (SSSR count). The van der Waals surface area contributed by atoms with Crippen LogP contribution in [0.2, 0.25) is 0 Å². The number of hydrogen-bond donors (Lipinski definition) is 5. The molecular formula is C72H67ClF6N8O6S. The highest BCUT2D eigenvalue weighted by molar-refractivity contribution is 7.98. The lowest BCUT2D eigenvalue weighted by molar-refractivity contribution is -0.138. The van der Waals surface area contributed by atoms with Gasteiger partial charge in [-0.15, -0.1) is 23.4 Å². The Bertz CT molecular complexity index is 4160. The Hall–Kier alpha value is -9.99. The highest BCUT2D eigenvalue weighted by Crippen LogP contribution is 2.36. The van der Waals surface area contributed by atoms with Crippen molar-refractivity contribution in [2.24, 2.45) is 0 Å². The van der Waals surface area contributed by atoms with Crippen LogP contribution in [0, 0.1) is 0 Å². The van der Waals surface area contributed by atoms with Crippen LogP contribution in [0.4, 0.5) is 49.1 Å². The van der Waals surface area contributed by atoms with E-state index in [4.69, 9.17) is 16.7 Å². The van der Waals surface area contributed by atoms with E-state index in [1.165, 1.54) is 60.6 Å². The summed E-state index contributed by atoms with van der Waals surface area (Å²) in [7, 11) is 0. The Kier molecular flexibility index (Phi) is 24.2. The van der Waals surface area contributed by atoms with Gasteiger partial charge in [-0.25, -0.2) is 0 Å². The number of anilines is 4. The number of hydrogen-bond acceptors (Lipinski definition) is 10. The molecule has 0 aliphatic carbocycles. The van der Waals surface area contributed by atoms with Crippen molar-refractivity contribution in [3.63, 3.8) is 0 Å². The second-order valence-electron chi connectivity index (χ2n) is 21.4. The molecule has 0 aliphatic rings. The second kappa shape index (κ2) is 32.5. The van der Waals surface area contributed by atoms with Gasteiger partial charge in [0, 0.05) is 113 Å². The number of nitrogens with one attached hydrogen (secondary N) is 4. The fourth-order valence-corrected chi connectivity index (χ4v) is 11.2. The molecule has 0 spiro atoms. The summed E-state index contributed by atoms with van der Waals surface area (Å²) in [6.45, 7) is 11.0. The normalized spacial score (nSPS) is 11.2. The van der Waals surface area contributed by atoms with Gasteiger partial charge in [-0.2, -0.15) is 26.3 Å². The summed E-state index contributed by atoms with van der Waals surface area (Å²) in [5, 5.41) is 20.5. The molecule has 0 radical (unpaired) electrons. The molecule has 22 heteroatoms. The van der Waals surface area contributed by atoms with Crippen molar-refractivity contribution in [2.45, 2.75) is 76.1 Å². The Morgan fingerprint density at radius 3 is 1.33 bits per heavy atom. The summed E-state index contributed by atoms with van der Waals surface area (Å²) in [6, 6.07) is 48.7. The largest absolute Gasteiger partial charge is 0.481 e. The molecule has 2 heterocycles. The van der Waals surface area contributed by atoms with Crippen molar-refractivity contribution in [3.05, 3.63) is 256 Å². The Labute approximate surface area is 549 Å². The molecule has 4 amide bonds. The number of carbonyl (C=O) groups excluding carboxylic acids is 4. The zero-order valence-corrected chi connectivity index (χ0v) is 53.2. The fourth-order valence-electron chi connectivity index (χ4n) is 10.1. The van der Waals surface area contributed by atoms with Crippen molar-refractivity contribution in [3.8, 4) is 22.5 Å². The van der Waals surface area contributed by atoms with Crippen LogP contribution in [-0.4, -0.2) is 70.9 Å². The lowest BCUT2D eigenvalue weighted by atomic mass is 10.0. The van der Waals surface area contributed by atoms with Gasteiger partial charge in [0.2, 0.25) is 0 Å². The van der Waals surface area contributed by atoms with Crippen LogP contribution in [0.1, 0.15) is 108 Å². The molecule has 486 valence electrons. The van der Waals surface area contributed by atoms with Crippen LogP contribution >= 0.6 is 23.4 Å². The summed E-state index contributed by atoms with van der Waals surface area (Å²) in [4.78, 5) is 78.3. The fraction of sp³-hybridized carbons (Fsp3) is 0.208. The minimum atomic E-state index is -4.49. The molecule has 5 N–H and O–H groups in total. The number of halogens is 7. The van der Waals surface area contributed by atoms with Crippen molar-refractivity contribution < 1.29 is 55.4 Å². The SMILES string of the molecule is CCN(CC)c1ccc(NC(=O)c2cccc(CCl)c2)c(-c2cc(C(=O)NCc3cccc(C(F)(F)F)c3)ccn2)c1.CCN(CC)c1ccc(NC(=O)c2cccc(CSc3cccc(CC(=O)O)c3)c2)c(-c2cc(C(=O)NCc3cccc(C(F)(F)F)c3)ccn2)c1. The molecular weight excluding hydrogens is 1250 g/mol. The molecule has 0 unspecified atom stereocenters. The van der Waals surface area contributed by atoms with Crippen molar-refractivity contribution in [1.82, 2.24) is 20.6 Å². The zero-order valence-electron chi connectivity index (χ0n) is 51.7. The number of rotatable bonds is 24. The number of carboxylic acid groups (broad SMARTS) is 1. The molecule has 7 aromatic carbocycles. The maximum Gasteiger partial charge on any atom is 0.416 e. The number of thioether (sulfide) groups is 1. The van der Waals surface area contributed by atoms with E-state index >= 15 is 0 Å². The number of aromatic nitrogens is 2. The van der Waals surface area contributed by atoms with Crippen LogP contribution in [0.25, 0.3) is 22.5 Å². The van der Waals surface area contributed by atoms with Gasteiger partial charge in [-0.05, 0) is 177 Å². The number of aliphatic carboxylic acids is 1. The molecule has 9 aromatic rings. The van der Waals surface area contributed by atoms with Crippen LogP contribution in [0.3, 0.4) is 0 Å². The predicted molar refractivity (Wildman–Crippen MR) is 357 cm³/mol. The summed E-state index contributed by atoms with van der Waals surface area (Å²) in [5.41, 5.74) is 7.73. The highest BCUT2D eigenvalue weighted by Gasteiger charge is 2.31. The first-order valence-electron chi connectivity index (χ1n) is 30.0. The molecule has 0 atom stereocenters. The Morgan fingerprint density at radius 1 is 0.468 bits per heavy atom. The van der Waals surface area contributed by atoms with Gasteiger partial charge in [0.15, 0.2) is 0 Å². The Morgan fingerprint density at radius 2 is 0.883 bits per heavy atom. The Balaban J connectivity index is 0.000000247. The van der Waals surface area contributed by atoms with E-state index in [9.17, 15) is 50.3 Å². The lowest BCUT2D eigenvalue weighted by Gasteiger charge is -2.23. The van der Waals surface area contributed by atoms with Gasteiger partial charge in [-0.3, -0.25) is 33.9 Å². The third kappa shape index (κ3) is 19.3. The van der Waals surface area contributed by atoms with Gasteiger partial charge in [0.25, 0.3) is 23.6 Å². The maximum atomic E-state index is 13.6. The number of carboxylic acids is 1. The lowest BCUT2D eigenvalue weighted by Crippen LogP contribution is -2.23. The number of nitrogens with zero attached hydrogens (tertiary/aromatic N) is 4. The van der Waals surface area contributed by atoms with Crippen molar-refractivity contribution >= 4 is 75.7 Å². The van der Waals surface area contributed by atoms with Gasteiger partial charge in [0.1, 0.15) is 0 Å². The monoisotopic (exact) mass is 1320 g/mol. The third-order valence-corrected chi connectivity index (χ3v) is 16.3. The minimum Gasteiger partial charge on any atom is -0.481 e. The molecule has 94 heavy (non-hydrogen) atoms. The first kappa shape index (κ1) is 69.9. The summed E-state index contributed by atoms with van der Waals surface area (Å²) in [5.74, 6) is -1.69. The number of benzene rings is 7. The van der Waals surface area contributed by atoms with E-state index in [1.807, 2.05) is 82.3 Å². The average Bonchev–Trinajstić information content (AvgIpc) is 0.829. The number of alkyl halides is 7. The molecule has 0 saturated heterocycles. The maximum absolute atomic E-state index is 13.6. The van der Waals surface area contributed by atoms with Gasteiger partial charge < -0.3 is 36.2 Å². The number of carbonyl (C=O) groups is 5. The van der Waals surface area contributed by atoms with Gasteiger partial charge in [0.05, 0.1) is 40.3 Å².